The van der Waals surface area contributed by atoms with E-state index in [0.717, 1.165) is 6.04 Å². The quantitative estimate of drug-likeness (QED) is 0.241. The zero-order valence-electron chi connectivity index (χ0n) is 15.2. The normalized spacial score (nSPS) is 12.0. The molecule has 0 aliphatic carbocycles. The molecule has 0 heterocycles. The number of rotatable bonds is 16. The van der Waals surface area contributed by atoms with Gasteiger partial charge < -0.3 is 8.85 Å². The first kappa shape index (κ1) is 21.1. The molecule has 0 fully saturated rings. The van der Waals surface area contributed by atoms with E-state index < -0.39 is 8.56 Å². The first-order valence-corrected chi connectivity index (χ1v) is 11.8. The highest BCUT2D eigenvalue weighted by Crippen LogP contribution is 2.18. The van der Waals surface area contributed by atoms with Gasteiger partial charge in [0.1, 0.15) is 0 Å². The topological polar surface area (TPSA) is 18.5 Å². The number of unbranched alkanes of at least 4 members (excludes halogenated alkanes) is 12. The van der Waals surface area contributed by atoms with E-state index in [1.165, 1.54) is 83.5 Å². The Morgan fingerprint density at radius 3 is 1.24 bits per heavy atom. The Hall–Kier alpha value is 0.137. The van der Waals surface area contributed by atoms with Gasteiger partial charge in [-0.1, -0.05) is 90.4 Å². The third-order valence-electron chi connectivity index (χ3n) is 4.60. The summed E-state index contributed by atoms with van der Waals surface area (Å²) in [7, 11) is 1.78. The molecule has 0 saturated heterocycles. The van der Waals surface area contributed by atoms with Crippen molar-refractivity contribution in [3.63, 3.8) is 0 Å². The Balaban J connectivity index is 3.16. The summed E-state index contributed by atoms with van der Waals surface area (Å²) in [6, 6.07) is 1.14. The summed E-state index contributed by atoms with van der Waals surface area (Å²) in [5, 5.41) is 0. The molecule has 128 valence electrons. The molecule has 0 N–H and O–H groups in total. The molecule has 0 bridgehead atoms. The molecule has 0 spiro atoms. The van der Waals surface area contributed by atoms with Crippen LogP contribution in [0.25, 0.3) is 0 Å². The Morgan fingerprint density at radius 1 is 0.571 bits per heavy atom. The summed E-state index contributed by atoms with van der Waals surface area (Å²) in [6.45, 7) is 4.45. The van der Waals surface area contributed by atoms with Gasteiger partial charge in [-0.25, -0.2) is 0 Å². The van der Waals surface area contributed by atoms with Crippen LogP contribution in [0.2, 0.25) is 12.6 Å². The molecular formula is C18H40O2Si. The molecule has 0 aliphatic rings. The molecule has 0 saturated carbocycles. The van der Waals surface area contributed by atoms with Crippen molar-refractivity contribution in [1.29, 1.82) is 0 Å². The monoisotopic (exact) mass is 316 g/mol. The summed E-state index contributed by atoms with van der Waals surface area (Å²) in [5.74, 6) is 0. The lowest BCUT2D eigenvalue weighted by Gasteiger charge is -2.22. The van der Waals surface area contributed by atoms with Crippen molar-refractivity contribution in [2.45, 2.75) is 103 Å². The molecule has 0 atom stereocenters. The van der Waals surface area contributed by atoms with Crippen molar-refractivity contribution in [3.8, 4) is 0 Å². The van der Waals surface area contributed by atoms with Gasteiger partial charge in [0.2, 0.25) is 0 Å². The van der Waals surface area contributed by atoms with Crippen LogP contribution in [0.4, 0.5) is 0 Å². The van der Waals surface area contributed by atoms with Crippen molar-refractivity contribution >= 4 is 8.56 Å². The first-order chi connectivity index (χ1) is 10.2. The second kappa shape index (κ2) is 15.0. The average molecular weight is 317 g/mol. The zero-order valence-corrected chi connectivity index (χ0v) is 16.2. The molecule has 0 amide bonds. The SMILES string of the molecule is CCCCCCCCCCCCCCC[Si](C)(OC)OC. The lowest BCUT2D eigenvalue weighted by atomic mass is 10.1. The molecule has 0 aromatic carbocycles. The van der Waals surface area contributed by atoms with E-state index >= 15 is 0 Å². The van der Waals surface area contributed by atoms with Crippen LogP contribution in [-0.2, 0) is 8.85 Å². The Labute approximate surface area is 135 Å². The van der Waals surface area contributed by atoms with Crippen LogP contribution >= 0.6 is 0 Å². The van der Waals surface area contributed by atoms with Gasteiger partial charge in [-0.2, -0.15) is 0 Å². The Kier molecular flexibility index (Phi) is 15.1. The van der Waals surface area contributed by atoms with Crippen molar-refractivity contribution in [1.82, 2.24) is 0 Å². The second-order valence-corrected chi connectivity index (χ2v) is 10.1. The van der Waals surface area contributed by atoms with Crippen LogP contribution in [0.15, 0.2) is 0 Å². The van der Waals surface area contributed by atoms with Crippen molar-refractivity contribution in [2.24, 2.45) is 0 Å². The predicted octanol–water partition coefficient (Wildman–Crippen LogP) is 6.44. The zero-order chi connectivity index (χ0) is 15.8. The molecule has 0 aromatic heterocycles. The van der Waals surface area contributed by atoms with Crippen molar-refractivity contribution in [3.05, 3.63) is 0 Å². The van der Waals surface area contributed by atoms with E-state index in [4.69, 9.17) is 8.85 Å². The fourth-order valence-corrected chi connectivity index (χ4v) is 4.22. The van der Waals surface area contributed by atoms with Gasteiger partial charge in [0.05, 0.1) is 0 Å². The third kappa shape index (κ3) is 13.5. The number of hydrogen-bond acceptors (Lipinski definition) is 2. The van der Waals surface area contributed by atoms with E-state index in [0.29, 0.717) is 0 Å². The molecule has 0 radical (unpaired) electrons. The molecule has 0 rings (SSSR count). The highest BCUT2D eigenvalue weighted by Gasteiger charge is 2.27. The Bertz CT molecular complexity index is 205. The maximum absolute atomic E-state index is 5.51. The van der Waals surface area contributed by atoms with Gasteiger partial charge in [-0.15, -0.1) is 0 Å². The van der Waals surface area contributed by atoms with Gasteiger partial charge in [0.15, 0.2) is 0 Å². The molecule has 21 heavy (non-hydrogen) atoms. The summed E-state index contributed by atoms with van der Waals surface area (Å²) in [5.41, 5.74) is 0. The molecular weight excluding hydrogens is 276 g/mol. The fraction of sp³-hybridized carbons (Fsp3) is 1.00. The van der Waals surface area contributed by atoms with Crippen molar-refractivity contribution < 1.29 is 8.85 Å². The minimum Gasteiger partial charge on any atom is -0.398 e. The summed E-state index contributed by atoms with van der Waals surface area (Å²) < 4.78 is 11.0. The lowest BCUT2D eigenvalue weighted by Crippen LogP contribution is -2.35. The van der Waals surface area contributed by atoms with Gasteiger partial charge in [0.25, 0.3) is 0 Å². The standard InChI is InChI=1S/C18H40O2Si/c1-5-6-7-8-9-10-11-12-13-14-15-16-17-18-21(4,19-2)20-3/h5-18H2,1-4H3. The van der Waals surface area contributed by atoms with Gasteiger partial charge in [-0.3, -0.25) is 0 Å². The maximum Gasteiger partial charge on any atom is 0.334 e. The third-order valence-corrected chi connectivity index (χ3v) is 7.59. The van der Waals surface area contributed by atoms with Crippen LogP contribution in [-0.4, -0.2) is 22.8 Å². The minimum absolute atomic E-state index is 1.14. The van der Waals surface area contributed by atoms with E-state index in [1.54, 1.807) is 14.2 Å². The maximum atomic E-state index is 5.51. The van der Waals surface area contributed by atoms with Crippen LogP contribution < -0.4 is 0 Å². The Morgan fingerprint density at radius 2 is 0.905 bits per heavy atom. The molecule has 0 unspecified atom stereocenters. The van der Waals surface area contributed by atoms with Crippen LogP contribution in [0, 0.1) is 0 Å². The fourth-order valence-electron chi connectivity index (χ4n) is 2.75. The first-order valence-electron chi connectivity index (χ1n) is 9.29. The predicted molar refractivity (Wildman–Crippen MR) is 96.1 cm³/mol. The molecule has 0 aromatic rings. The van der Waals surface area contributed by atoms with Crippen LogP contribution in [0.3, 0.4) is 0 Å². The molecule has 0 aliphatic heterocycles. The average Bonchev–Trinajstić information content (AvgIpc) is 2.51. The van der Waals surface area contributed by atoms with Gasteiger partial charge in [0, 0.05) is 14.2 Å². The summed E-state index contributed by atoms with van der Waals surface area (Å²) in [4.78, 5) is 0. The summed E-state index contributed by atoms with van der Waals surface area (Å²) >= 11 is 0. The van der Waals surface area contributed by atoms with E-state index in [1.807, 2.05) is 0 Å². The second-order valence-electron chi connectivity index (χ2n) is 6.53. The van der Waals surface area contributed by atoms with Crippen molar-refractivity contribution in [2.75, 3.05) is 14.2 Å². The van der Waals surface area contributed by atoms with E-state index in [-0.39, 0.29) is 0 Å². The van der Waals surface area contributed by atoms with Crippen LogP contribution in [0.5, 0.6) is 0 Å². The van der Waals surface area contributed by atoms with Gasteiger partial charge in [-0.05, 0) is 12.6 Å². The van der Waals surface area contributed by atoms with E-state index in [2.05, 4.69) is 13.5 Å². The minimum atomic E-state index is -1.80. The van der Waals surface area contributed by atoms with Gasteiger partial charge >= 0.3 is 8.56 Å². The van der Waals surface area contributed by atoms with Crippen LogP contribution in [0.1, 0.15) is 90.4 Å². The van der Waals surface area contributed by atoms with E-state index in [9.17, 15) is 0 Å². The highest BCUT2D eigenvalue weighted by molar-refractivity contribution is 6.65. The molecule has 2 nitrogen and oxygen atoms in total. The lowest BCUT2D eigenvalue weighted by molar-refractivity contribution is 0.248. The number of hydrogen-bond donors (Lipinski definition) is 0. The highest BCUT2D eigenvalue weighted by atomic mass is 28.4. The largest absolute Gasteiger partial charge is 0.398 e. The molecule has 3 heteroatoms. The smallest absolute Gasteiger partial charge is 0.334 e. The summed E-state index contributed by atoms with van der Waals surface area (Å²) in [6.07, 6.45) is 18.3.